The molecule has 0 rings (SSSR count). The zero-order valence-corrected chi connectivity index (χ0v) is 8.06. The Hall–Kier alpha value is 0.177. The topological polar surface area (TPSA) is 12.0 Å². The van der Waals surface area contributed by atoms with Crippen LogP contribution < -0.4 is 4.98 Å². The van der Waals surface area contributed by atoms with E-state index in [4.69, 9.17) is 0 Å². The summed E-state index contributed by atoms with van der Waals surface area (Å²) in [7, 11) is 1.65. The smallest absolute Gasteiger partial charge is 0.108 e. The number of unbranched alkanes of at least 4 members (excludes halogenated alkanes) is 1. The Morgan fingerprint density at radius 3 is 2.33 bits per heavy atom. The molecule has 0 aromatic carbocycles. The van der Waals surface area contributed by atoms with E-state index in [1.807, 2.05) is 0 Å². The first-order valence-electron chi connectivity index (χ1n) is 4.02. The molecule has 0 saturated heterocycles. The Labute approximate surface area is 60.5 Å². The summed E-state index contributed by atoms with van der Waals surface area (Å²) in [5, 5.41) is 0. The second-order valence-corrected chi connectivity index (χ2v) is 5.90. The summed E-state index contributed by atoms with van der Waals surface area (Å²) in [6, 6.07) is 2.88. The number of nitrogens with one attached hydrogen (secondary N) is 1. The van der Waals surface area contributed by atoms with Crippen molar-refractivity contribution in [2.24, 2.45) is 0 Å². The van der Waals surface area contributed by atoms with Crippen molar-refractivity contribution in [3.05, 3.63) is 0 Å². The van der Waals surface area contributed by atoms with Gasteiger partial charge in [0.25, 0.3) is 0 Å². The lowest BCUT2D eigenvalue weighted by Gasteiger charge is -2.09. The lowest BCUT2D eigenvalue weighted by Crippen LogP contribution is -2.28. The maximum atomic E-state index is 3.43. The molecular weight excluding hydrogens is 126 g/mol. The van der Waals surface area contributed by atoms with Crippen LogP contribution in [0.1, 0.15) is 26.7 Å². The van der Waals surface area contributed by atoms with Crippen molar-refractivity contribution in [1.82, 2.24) is 4.98 Å². The van der Waals surface area contributed by atoms with E-state index < -0.39 is 8.96 Å². The molecule has 1 nitrogen and oxygen atoms in total. The first-order valence-corrected chi connectivity index (χ1v) is 6.23. The molecule has 56 valence electrons. The van der Waals surface area contributed by atoms with Crippen LogP contribution in [0.3, 0.4) is 0 Å². The van der Waals surface area contributed by atoms with Gasteiger partial charge in [0.2, 0.25) is 0 Å². The quantitative estimate of drug-likeness (QED) is 0.581. The standard InChI is InChI=1S/C7H19NSi/c1-4-6-7-9(5-2)8-3/h8-9H,4-7H2,1-3H3. The zero-order chi connectivity index (χ0) is 7.11. The van der Waals surface area contributed by atoms with Crippen LogP contribution in [0.4, 0.5) is 0 Å². The summed E-state index contributed by atoms with van der Waals surface area (Å²) in [6.45, 7) is 4.56. The Bertz CT molecular complexity index is 52.9. The molecule has 1 N–H and O–H groups in total. The van der Waals surface area contributed by atoms with Crippen molar-refractivity contribution in [3.63, 3.8) is 0 Å². The van der Waals surface area contributed by atoms with E-state index in [0.29, 0.717) is 0 Å². The van der Waals surface area contributed by atoms with Crippen LogP contribution in [-0.4, -0.2) is 16.0 Å². The van der Waals surface area contributed by atoms with Crippen LogP contribution >= 0.6 is 0 Å². The van der Waals surface area contributed by atoms with Crippen molar-refractivity contribution in [2.45, 2.75) is 38.8 Å². The fourth-order valence-electron chi connectivity index (χ4n) is 1.00. The molecule has 9 heavy (non-hydrogen) atoms. The van der Waals surface area contributed by atoms with E-state index in [0.717, 1.165) is 0 Å². The zero-order valence-electron chi connectivity index (χ0n) is 6.91. The largest absolute Gasteiger partial charge is 0.342 e. The molecule has 1 unspecified atom stereocenters. The van der Waals surface area contributed by atoms with Crippen LogP contribution in [-0.2, 0) is 0 Å². The minimum atomic E-state index is -0.460. The first kappa shape index (κ1) is 9.18. The molecule has 0 bridgehead atoms. The van der Waals surface area contributed by atoms with E-state index in [1.165, 1.54) is 24.9 Å². The van der Waals surface area contributed by atoms with Gasteiger partial charge in [-0.2, -0.15) is 0 Å². The van der Waals surface area contributed by atoms with E-state index >= 15 is 0 Å². The average molecular weight is 145 g/mol. The maximum absolute atomic E-state index is 3.43. The van der Waals surface area contributed by atoms with Gasteiger partial charge in [-0.3, -0.25) is 0 Å². The lowest BCUT2D eigenvalue weighted by molar-refractivity contribution is 0.860. The summed E-state index contributed by atoms with van der Waals surface area (Å²) in [4.78, 5) is 3.43. The highest BCUT2D eigenvalue weighted by atomic mass is 28.3. The Balaban J connectivity index is 3.09. The normalized spacial score (nSPS) is 13.7. The molecule has 0 aromatic heterocycles. The molecule has 1 atom stereocenters. The Kier molecular flexibility index (Phi) is 6.42. The number of hydrogen-bond donors (Lipinski definition) is 1. The summed E-state index contributed by atoms with van der Waals surface area (Å²) in [5.41, 5.74) is 0. The number of hydrogen-bond acceptors (Lipinski definition) is 1. The predicted molar refractivity (Wildman–Crippen MR) is 46.4 cm³/mol. The molecule has 0 amide bonds. The lowest BCUT2D eigenvalue weighted by atomic mass is 10.4. The van der Waals surface area contributed by atoms with Crippen LogP contribution in [0.2, 0.25) is 12.1 Å². The first-order chi connectivity index (χ1) is 4.35. The monoisotopic (exact) mass is 145 g/mol. The molecule has 0 spiro atoms. The van der Waals surface area contributed by atoms with Gasteiger partial charge in [-0.25, -0.2) is 0 Å². The van der Waals surface area contributed by atoms with E-state index in [9.17, 15) is 0 Å². The van der Waals surface area contributed by atoms with Crippen molar-refractivity contribution < 1.29 is 0 Å². The highest BCUT2D eigenvalue weighted by Gasteiger charge is 2.02. The highest BCUT2D eigenvalue weighted by molar-refractivity contribution is 6.55. The highest BCUT2D eigenvalue weighted by Crippen LogP contribution is 2.01. The van der Waals surface area contributed by atoms with Crippen molar-refractivity contribution >= 4 is 8.96 Å². The maximum Gasteiger partial charge on any atom is 0.108 e. The van der Waals surface area contributed by atoms with Gasteiger partial charge in [0.05, 0.1) is 0 Å². The minimum Gasteiger partial charge on any atom is -0.342 e. The average Bonchev–Trinajstić information content (AvgIpc) is 1.91. The molecule has 0 aromatic rings. The van der Waals surface area contributed by atoms with Gasteiger partial charge in [-0.15, -0.1) is 0 Å². The van der Waals surface area contributed by atoms with Crippen LogP contribution in [0, 0.1) is 0 Å². The molecule has 0 radical (unpaired) electrons. The van der Waals surface area contributed by atoms with Gasteiger partial charge in [-0.1, -0.05) is 26.7 Å². The fourth-order valence-corrected chi connectivity index (χ4v) is 3.01. The predicted octanol–water partition coefficient (Wildman–Crippen LogP) is 1.75. The van der Waals surface area contributed by atoms with Gasteiger partial charge >= 0.3 is 0 Å². The summed E-state index contributed by atoms with van der Waals surface area (Å²) >= 11 is 0. The molecule has 2 heteroatoms. The number of rotatable bonds is 5. The Morgan fingerprint density at radius 1 is 1.33 bits per heavy atom. The fraction of sp³-hybridized carbons (Fsp3) is 1.00. The van der Waals surface area contributed by atoms with Crippen LogP contribution in [0.5, 0.6) is 0 Å². The third-order valence-corrected chi connectivity index (χ3v) is 4.71. The third kappa shape index (κ3) is 4.67. The molecular formula is C7H19NSi. The molecule has 0 aliphatic carbocycles. The van der Waals surface area contributed by atoms with Gasteiger partial charge < -0.3 is 4.98 Å². The van der Waals surface area contributed by atoms with E-state index in [1.54, 1.807) is 0 Å². The van der Waals surface area contributed by atoms with Crippen LogP contribution in [0.25, 0.3) is 0 Å². The minimum absolute atomic E-state index is 0.460. The molecule has 0 aliphatic heterocycles. The van der Waals surface area contributed by atoms with Gasteiger partial charge in [-0.05, 0) is 19.1 Å². The van der Waals surface area contributed by atoms with Crippen molar-refractivity contribution in [1.29, 1.82) is 0 Å². The van der Waals surface area contributed by atoms with Crippen LogP contribution in [0.15, 0.2) is 0 Å². The SMILES string of the molecule is CCCC[SiH](CC)NC. The molecule has 0 heterocycles. The van der Waals surface area contributed by atoms with Gasteiger partial charge in [0.15, 0.2) is 0 Å². The van der Waals surface area contributed by atoms with Crippen molar-refractivity contribution in [2.75, 3.05) is 7.05 Å². The van der Waals surface area contributed by atoms with Crippen molar-refractivity contribution in [3.8, 4) is 0 Å². The van der Waals surface area contributed by atoms with Gasteiger partial charge in [0, 0.05) is 0 Å². The second kappa shape index (κ2) is 6.30. The van der Waals surface area contributed by atoms with Gasteiger partial charge in [0.1, 0.15) is 8.96 Å². The van der Waals surface area contributed by atoms with E-state index in [2.05, 4.69) is 25.9 Å². The molecule has 0 fully saturated rings. The second-order valence-electron chi connectivity index (χ2n) is 2.54. The summed E-state index contributed by atoms with van der Waals surface area (Å²) in [6.07, 6.45) is 2.77. The molecule has 0 saturated carbocycles. The molecule has 0 aliphatic rings. The Morgan fingerprint density at radius 2 is 2.00 bits per heavy atom. The van der Waals surface area contributed by atoms with E-state index in [-0.39, 0.29) is 0 Å². The third-order valence-electron chi connectivity index (χ3n) is 1.81. The summed E-state index contributed by atoms with van der Waals surface area (Å²) in [5.74, 6) is 0. The summed E-state index contributed by atoms with van der Waals surface area (Å²) < 4.78 is 0.